The van der Waals surface area contributed by atoms with Crippen molar-refractivity contribution in [1.82, 2.24) is 0 Å². The highest BCUT2D eigenvalue weighted by molar-refractivity contribution is 5.36. The van der Waals surface area contributed by atoms with E-state index in [1.165, 1.54) is 0 Å². The predicted molar refractivity (Wildman–Crippen MR) is 46.9 cm³/mol. The van der Waals surface area contributed by atoms with Crippen LogP contribution in [0.25, 0.3) is 0 Å². The molecule has 0 heterocycles. The smallest absolute Gasteiger partial charge is 0.130 e. The average Bonchev–Trinajstić information content (AvgIpc) is 1.82. The molecule has 1 N–H and O–H groups in total. The van der Waals surface area contributed by atoms with Crippen molar-refractivity contribution in [2.24, 2.45) is 0 Å². The molecule has 12 heavy (non-hydrogen) atoms. The molecule has 0 saturated heterocycles. The lowest BCUT2D eigenvalue weighted by Gasteiger charge is -2.10. The van der Waals surface area contributed by atoms with Gasteiger partial charge in [-0.2, -0.15) is 0 Å². The number of rotatable bonds is 1. The molecule has 2 heteroatoms. The van der Waals surface area contributed by atoms with Gasteiger partial charge in [-0.05, 0) is 30.0 Å². The van der Waals surface area contributed by atoms with Gasteiger partial charge >= 0.3 is 0 Å². The third-order valence-electron chi connectivity index (χ3n) is 1.90. The van der Waals surface area contributed by atoms with Gasteiger partial charge in [0.1, 0.15) is 11.6 Å². The summed E-state index contributed by atoms with van der Waals surface area (Å²) < 4.78 is 13.2. The topological polar surface area (TPSA) is 20.2 Å². The highest BCUT2D eigenvalue weighted by Crippen LogP contribution is 2.26. The van der Waals surface area contributed by atoms with Crippen molar-refractivity contribution in [2.75, 3.05) is 0 Å². The number of hydrogen-bond acceptors (Lipinski definition) is 1. The van der Waals surface area contributed by atoms with Crippen molar-refractivity contribution < 1.29 is 9.50 Å². The first-order valence-corrected chi connectivity index (χ1v) is 4.01. The van der Waals surface area contributed by atoms with E-state index in [4.69, 9.17) is 5.11 Å². The van der Waals surface area contributed by atoms with Gasteiger partial charge in [-0.1, -0.05) is 13.8 Å². The maximum absolute atomic E-state index is 13.2. The van der Waals surface area contributed by atoms with Crippen LogP contribution in [0.5, 0.6) is 5.75 Å². The zero-order valence-electron chi connectivity index (χ0n) is 7.56. The number of halogens is 1. The Morgan fingerprint density at radius 3 is 2.33 bits per heavy atom. The van der Waals surface area contributed by atoms with Crippen LogP contribution in [-0.4, -0.2) is 5.11 Å². The van der Waals surface area contributed by atoms with Gasteiger partial charge in [0.05, 0.1) is 0 Å². The molecule has 0 radical (unpaired) electrons. The predicted octanol–water partition coefficient (Wildman–Crippen LogP) is 2.96. The van der Waals surface area contributed by atoms with E-state index in [1.54, 1.807) is 13.0 Å². The summed E-state index contributed by atoms with van der Waals surface area (Å²) in [5.74, 6) is -0.164. The van der Waals surface area contributed by atoms with Gasteiger partial charge in [-0.3, -0.25) is 0 Å². The largest absolute Gasteiger partial charge is 0.508 e. The zero-order chi connectivity index (χ0) is 9.30. The first-order chi connectivity index (χ1) is 5.52. The standard InChI is InChI=1S/C10H13FO/c1-6(2)10-7(3)4-8(12)5-9(10)11/h4-6,12H,1-3H3. The maximum Gasteiger partial charge on any atom is 0.130 e. The molecule has 0 amide bonds. The number of aromatic hydroxyl groups is 1. The van der Waals surface area contributed by atoms with E-state index in [1.807, 2.05) is 13.8 Å². The van der Waals surface area contributed by atoms with Crippen molar-refractivity contribution in [2.45, 2.75) is 26.7 Å². The summed E-state index contributed by atoms with van der Waals surface area (Å²) in [7, 11) is 0. The number of phenolic OH excluding ortho intramolecular Hbond substituents is 1. The Morgan fingerprint density at radius 1 is 1.33 bits per heavy atom. The SMILES string of the molecule is Cc1cc(O)cc(F)c1C(C)C. The second-order valence-electron chi connectivity index (χ2n) is 3.31. The fraction of sp³-hybridized carbons (Fsp3) is 0.400. The van der Waals surface area contributed by atoms with Crippen LogP contribution in [0.3, 0.4) is 0 Å². The van der Waals surface area contributed by atoms with Gasteiger partial charge < -0.3 is 5.11 Å². The summed E-state index contributed by atoms with van der Waals surface area (Å²) in [4.78, 5) is 0. The monoisotopic (exact) mass is 168 g/mol. The lowest BCUT2D eigenvalue weighted by molar-refractivity contribution is 0.466. The summed E-state index contributed by atoms with van der Waals surface area (Å²) in [6.45, 7) is 5.67. The second-order valence-corrected chi connectivity index (χ2v) is 3.31. The first-order valence-electron chi connectivity index (χ1n) is 4.01. The molecule has 0 spiro atoms. The molecule has 0 unspecified atom stereocenters. The minimum absolute atomic E-state index is 0.00519. The van der Waals surface area contributed by atoms with Crippen LogP contribution < -0.4 is 0 Å². The molecular formula is C10H13FO. The molecule has 1 aromatic carbocycles. The van der Waals surface area contributed by atoms with Crippen LogP contribution in [0.15, 0.2) is 12.1 Å². The Balaban J connectivity index is 3.28. The summed E-state index contributed by atoms with van der Waals surface area (Å²) in [6, 6.07) is 2.74. The highest BCUT2D eigenvalue weighted by atomic mass is 19.1. The molecule has 0 aliphatic carbocycles. The molecule has 1 nitrogen and oxygen atoms in total. The van der Waals surface area contributed by atoms with E-state index in [2.05, 4.69) is 0 Å². The van der Waals surface area contributed by atoms with E-state index in [0.29, 0.717) is 5.56 Å². The van der Waals surface area contributed by atoms with Gasteiger partial charge in [0.15, 0.2) is 0 Å². The van der Waals surface area contributed by atoms with Crippen molar-refractivity contribution in [1.29, 1.82) is 0 Å². The van der Waals surface area contributed by atoms with Crippen molar-refractivity contribution in [3.05, 3.63) is 29.1 Å². The molecule has 1 rings (SSSR count). The fourth-order valence-corrected chi connectivity index (χ4v) is 1.47. The number of phenols is 1. The fourth-order valence-electron chi connectivity index (χ4n) is 1.47. The number of hydrogen-bond donors (Lipinski definition) is 1. The zero-order valence-corrected chi connectivity index (χ0v) is 7.56. The van der Waals surface area contributed by atoms with E-state index < -0.39 is 0 Å². The molecule has 0 aliphatic heterocycles. The molecule has 0 fully saturated rings. The molecule has 0 aromatic heterocycles. The van der Waals surface area contributed by atoms with E-state index in [9.17, 15) is 4.39 Å². The minimum atomic E-state index is -0.317. The number of aryl methyl sites for hydroxylation is 1. The minimum Gasteiger partial charge on any atom is -0.508 e. The number of benzene rings is 1. The second kappa shape index (κ2) is 3.13. The molecule has 0 bridgehead atoms. The first kappa shape index (κ1) is 9.04. The molecule has 66 valence electrons. The van der Waals surface area contributed by atoms with Crippen LogP contribution >= 0.6 is 0 Å². The highest BCUT2D eigenvalue weighted by Gasteiger charge is 2.10. The van der Waals surface area contributed by atoms with Crippen molar-refractivity contribution in [3.8, 4) is 5.75 Å². The van der Waals surface area contributed by atoms with Crippen LogP contribution in [0.4, 0.5) is 4.39 Å². The average molecular weight is 168 g/mol. The van der Waals surface area contributed by atoms with E-state index in [0.717, 1.165) is 11.6 Å². The van der Waals surface area contributed by atoms with Gasteiger partial charge in [0.2, 0.25) is 0 Å². The van der Waals surface area contributed by atoms with Crippen molar-refractivity contribution in [3.63, 3.8) is 0 Å². The molecule has 0 saturated carbocycles. The van der Waals surface area contributed by atoms with E-state index >= 15 is 0 Å². The summed E-state index contributed by atoms with van der Waals surface area (Å²) in [5, 5.41) is 9.06. The molecule has 1 aromatic rings. The quantitative estimate of drug-likeness (QED) is 0.683. The Bertz CT molecular complexity index is 269. The molecular weight excluding hydrogens is 155 g/mol. The van der Waals surface area contributed by atoms with Crippen LogP contribution in [0, 0.1) is 12.7 Å². The van der Waals surface area contributed by atoms with Crippen molar-refractivity contribution >= 4 is 0 Å². The Morgan fingerprint density at radius 2 is 1.92 bits per heavy atom. The molecule has 0 aliphatic rings. The van der Waals surface area contributed by atoms with Gasteiger partial charge in [0.25, 0.3) is 0 Å². The van der Waals surface area contributed by atoms with Gasteiger partial charge in [-0.15, -0.1) is 0 Å². The summed E-state index contributed by atoms with van der Waals surface area (Å²) in [6.07, 6.45) is 0. The van der Waals surface area contributed by atoms with Gasteiger partial charge in [0, 0.05) is 6.07 Å². The van der Waals surface area contributed by atoms with Gasteiger partial charge in [-0.25, -0.2) is 4.39 Å². The van der Waals surface area contributed by atoms with E-state index in [-0.39, 0.29) is 17.5 Å². The summed E-state index contributed by atoms with van der Waals surface area (Å²) in [5.41, 5.74) is 1.50. The Hall–Kier alpha value is -1.05. The normalized spacial score (nSPS) is 10.8. The van der Waals surface area contributed by atoms with Crippen LogP contribution in [-0.2, 0) is 0 Å². The van der Waals surface area contributed by atoms with Crippen LogP contribution in [0.1, 0.15) is 30.9 Å². The van der Waals surface area contributed by atoms with Crippen LogP contribution in [0.2, 0.25) is 0 Å². The summed E-state index contributed by atoms with van der Waals surface area (Å²) >= 11 is 0. The third-order valence-corrected chi connectivity index (χ3v) is 1.90. The maximum atomic E-state index is 13.2. The lowest BCUT2D eigenvalue weighted by atomic mass is 9.97. The molecule has 0 atom stereocenters. The Kier molecular flexibility index (Phi) is 2.36. The Labute approximate surface area is 71.9 Å². The lowest BCUT2D eigenvalue weighted by Crippen LogP contribution is -1.96. The third kappa shape index (κ3) is 1.58.